The summed E-state index contributed by atoms with van der Waals surface area (Å²) in [7, 11) is 0. The SMILES string of the molecule is Cc1c[c-]c(-c2cc(-c3ccc(C)cc3C)c(C)cn2)cc1.[Ir].[c-]1ccc2c(c1-c1cc(-c3ccccc3)ccn1)Oc1cccc3c1B2c1ccccc1O3. The van der Waals surface area contributed by atoms with Gasteiger partial charge in [0.25, 0.3) is 0 Å². The van der Waals surface area contributed by atoms with Crippen LogP contribution in [0.4, 0.5) is 0 Å². The largest absolute Gasteiger partial charge is 0.503 e. The molecule has 56 heavy (non-hydrogen) atoms. The molecule has 0 fully saturated rings. The predicted octanol–water partition coefficient (Wildman–Crippen LogP) is 10.4. The Bertz CT molecular complexity index is 2710. The fraction of sp³-hybridized carbons (Fsp3) is 0.0800. The average Bonchev–Trinajstić information content (AvgIpc) is 3.22. The van der Waals surface area contributed by atoms with Gasteiger partial charge in [-0.25, -0.2) is 0 Å². The number of pyridine rings is 2. The second-order valence-electron chi connectivity index (χ2n) is 14.3. The molecule has 0 unspecified atom stereocenters. The zero-order chi connectivity index (χ0) is 37.5. The monoisotopic (exact) mass is 901 g/mol. The number of nitrogens with zero attached hydrogens (tertiary/aromatic N) is 2. The Morgan fingerprint density at radius 3 is 2.12 bits per heavy atom. The van der Waals surface area contributed by atoms with Crippen molar-refractivity contribution in [1.82, 2.24) is 9.97 Å². The first-order valence-corrected chi connectivity index (χ1v) is 18.6. The molecule has 4 nitrogen and oxygen atoms in total. The first kappa shape index (κ1) is 36.9. The van der Waals surface area contributed by atoms with Gasteiger partial charge in [-0.05, 0) is 95.3 Å². The summed E-state index contributed by atoms with van der Waals surface area (Å²) in [4.78, 5) is 9.27. The molecule has 8 aromatic rings. The zero-order valence-electron chi connectivity index (χ0n) is 31.6. The van der Waals surface area contributed by atoms with Crippen molar-refractivity contribution in [3.63, 3.8) is 0 Å². The van der Waals surface area contributed by atoms with Gasteiger partial charge in [-0.3, -0.25) is 0 Å². The summed E-state index contributed by atoms with van der Waals surface area (Å²) in [5.41, 5.74) is 16.8. The van der Waals surface area contributed by atoms with Gasteiger partial charge in [0.05, 0.1) is 0 Å². The summed E-state index contributed by atoms with van der Waals surface area (Å²) in [5, 5.41) is 0. The van der Waals surface area contributed by atoms with Crippen LogP contribution in [-0.2, 0) is 20.1 Å². The molecule has 0 amide bonds. The van der Waals surface area contributed by atoms with Crippen LogP contribution in [0.2, 0.25) is 0 Å². The summed E-state index contributed by atoms with van der Waals surface area (Å²) in [6.07, 6.45) is 3.81. The number of aryl methyl sites for hydroxylation is 4. The van der Waals surface area contributed by atoms with Crippen molar-refractivity contribution in [2.45, 2.75) is 27.7 Å². The van der Waals surface area contributed by atoms with E-state index in [0.29, 0.717) is 0 Å². The van der Waals surface area contributed by atoms with E-state index in [1.165, 1.54) is 33.4 Å². The topological polar surface area (TPSA) is 44.2 Å². The fourth-order valence-electron chi connectivity index (χ4n) is 7.65. The number of rotatable bonds is 4. The molecule has 2 aromatic heterocycles. The van der Waals surface area contributed by atoms with E-state index in [2.05, 4.69) is 118 Å². The van der Waals surface area contributed by atoms with Crippen LogP contribution in [0, 0.1) is 39.8 Å². The van der Waals surface area contributed by atoms with Crippen LogP contribution >= 0.6 is 0 Å². The van der Waals surface area contributed by atoms with Gasteiger partial charge in [-0.15, -0.1) is 59.1 Å². The van der Waals surface area contributed by atoms with Crippen LogP contribution < -0.4 is 25.9 Å². The van der Waals surface area contributed by atoms with Gasteiger partial charge in [-0.1, -0.05) is 103 Å². The molecule has 2 aliphatic rings. The molecule has 0 saturated heterocycles. The third-order valence-corrected chi connectivity index (χ3v) is 10.4. The molecular weight excluding hydrogens is 864 g/mol. The van der Waals surface area contributed by atoms with E-state index < -0.39 is 0 Å². The van der Waals surface area contributed by atoms with Crippen molar-refractivity contribution in [1.29, 1.82) is 0 Å². The molecule has 0 atom stereocenters. The van der Waals surface area contributed by atoms with Crippen LogP contribution in [0.1, 0.15) is 22.3 Å². The number of hydrogen-bond acceptors (Lipinski definition) is 4. The molecule has 0 bridgehead atoms. The Labute approximate surface area is 342 Å². The van der Waals surface area contributed by atoms with Gasteiger partial charge in [-0.2, -0.15) is 0 Å². The van der Waals surface area contributed by atoms with Gasteiger partial charge >= 0.3 is 0 Å². The molecule has 0 spiro atoms. The normalized spacial score (nSPS) is 11.7. The Morgan fingerprint density at radius 2 is 1.32 bits per heavy atom. The number of fused-ring (bicyclic) bond motifs is 4. The first-order valence-electron chi connectivity index (χ1n) is 18.6. The zero-order valence-corrected chi connectivity index (χ0v) is 34.0. The van der Waals surface area contributed by atoms with Gasteiger partial charge in [0.15, 0.2) is 0 Å². The first-order chi connectivity index (χ1) is 26.9. The fourth-order valence-corrected chi connectivity index (χ4v) is 7.65. The minimum atomic E-state index is 0. The minimum Gasteiger partial charge on any atom is -0.503 e. The Kier molecular flexibility index (Phi) is 10.3. The van der Waals surface area contributed by atoms with Crippen molar-refractivity contribution in [3.8, 4) is 67.8 Å². The van der Waals surface area contributed by atoms with Crippen molar-refractivity contribution in [2.75, 3.05) is 0 Å². The predicted molar refractivity (Wildman–Crippen MR) is 225 cm³/mol. The quantitative estimate of drug-likeness (QED) is 0.130. The number of ether oxygens (including phenoxy) is 2. The molecule has 4 heterocycles. The van der Waals surface area contributed by atoms with E-state index in [-0.39, 0.29) is 26.8 Å². The molecule has 10 rings (SSSR count). The molecule has 6 heteroatoms. The molecular formula is C50H37BIrN2O2-2. The summed E-state index contributed by atoms with van der Waals surface area (Å²) in [6, 6.07) is 54.5. The smallest absolute Gasteiger partial charge is 0.241 e. The molecule has 0 saturated carbocycles. The van der Waals surface area contributed by atoms with Gasteiger partial charge < -0.3 is 19.4 Å². The number of benzene rings is 6. The van der Waals surface area contributed by atoms with E-state index in [1.54, 1.807) is 0 Å². The average molecular weight is 901 g/mol. The molecule has 0 aliphatic carbocycles. The third kappa shape index (κ3) is 6.99. The van der Waals surface area contributed by atoms with E-state index in [9.17, 15) is 0 Å². The number of aromatic nitrogens is 2. The van der Waals surface area contributed by atoms with Crippen molar-refractivity contribution in [3.05, 3.63) is 186 Å². The maximum Gasteiger partial charge on any atom is 0.241 e. The van der Waals surface area contributed by atoms with Crippen LogP contribution in [0.15, 0.2) is 152 Å². The minimum absolute atomic E-state index is 0. The molecule has 6 aromatic carbocycles. The maximum absolute atomic E-state index is 6.52. The van der Waals surface area contributed by atoms with Crippen molar-refractivity contribution in [2.24, 2.45) is 0 Å². The standard InChI is InChI=1S/C29H17BNO2.C21H20N.Ir/c1-2-8-19(9-3-1)20-16-17-31-24(18-20)21-10-6-12-23-29(21)33-27-15-7-14-26-28(27)30(23)22-11-4-5-13-25(22)32-26;1-14-5-8-18(9-6-14)21-12-20(17(4)13-22-21)19-10-7-15(2)11-16(19)3;/h1-9,11-18H;5-8,10-13H,1-4H3;/q2*-1;. The number of para-hydroxylation sites is 1. The van der Waals surface area contributed by atoms with Crippen LogP contribution in [-0.4, -0.2) is 16.7 Å². The Morgan fingerprint density at radius 1 is 0.554 bits per heavy atom. The Balaban J connectivity index is 0.000000168. The van der Waals surface area contributed by atoms with Crippen LogP contribution in [0.5, 0.6) is 23.0 Å². The van der Waals surface area contributed by atoms with Crippen LogP contribution in [0.25, 0.3) is 44.8 Å². The van der Waals surface area contributed by atoms with E-state index in [0.717, 1.165) is 73.0 Å². The molecule has 2 aliphatic heterocycles. The molecule has 273 valence electrons. The van der Waals surface area contributed by atoms with E-state index in [1.807, 2.05) is 79.1 Å². The summed E-state index contributed by atoms with van der Waals surface area (Å²) in [6.45, 7) is 8.52. The van der Waals surface area contributed by atoms with Crippen molar-refractivity contribution < 1.29 is 29.6 Å². The van der Waals surface area contributed by atoms with Gasteiger partial charge in [0.1, 0.15) is 17.2 Å². The Hall–Kier alpha value is -6.07. The maximum atomic E-state index is 6.52. The van der Waals surface area contributed by atoms with Gasteiger partial charge in [0, 0.05) is 43.7 Å². The molecule has 0 N–H and O–H groups in total. The summed E-state index contributed by atoms with van der Waals surface area (Å²) >= 11 is 0. The second-order valence-corrected chi connectivity index (χ2v) is 14.3. The van der Waals surface area contributed by atoms with E-state index in [4.69, 9.17) is 14.5 Å². The molecule has 1 radical (unpaired) electrons. The van der Waals surface area contributed by atoms with E-state index >= 15 is 0 Å². The summed E-state index contributed by atoms with van der Waals surface area (Å²) in [5.74, 6) is 3.36. The van der Waals surface area contributed by atoms with Gasteiger partial charge in [0.2, 0.25) is 6.71 Å². The third-order valence-electron chi connectivity index (χ3n) is 10.4. The van der Waals surface area contributed by atoms with Crippen LogP contribution in [0.3, 0.4) is 0 Å². The second kappa shape index (κ2) is 15.6. The summed E-state index contributed by atoms with van der Waals surface area (Å²) < 4.78 is 12.7. The van der Waals surface area contributed by atoms with Crippen molar-refractivity contribution >= 4 is 23.1 Å². The number of hydrogen-bond donors (Lipinski definition) is 0.